The highest BCUT2D eigenvalue weighted by Gasteiger charge is 2.38. The van der Waals surface area contributed by atoms with Gasteiger partial charge in [0.25, 0.3) is 5.56 Å². The fourth-order valence-corrected chi connectivity index (χ4v) is 2.73. The Morgan fingerprint density at radius 3 is 2.84 bits per heavy atom. The van der Waals surface area contributed by atoms with Crippen molar-refractivity contribution in [1.82, 2.24) is 18.7 Å². The van der Waals surface area contributed by atoms with Gasteiger partial charge in [-0.3, -0.25) is 13.9 Å². The van der Waals surface area contributed by atoms with E-state index in [1.165, 1.54) is 11.6 Å². The van der Waals surface area contributed by atoms with Crippen LogP contribution in [0.15, 0.2) is 9.59 Å². The molecule has 0 amide bonds. The second kappa shape index (κ2) is 3.34. The molecular weight excluding hydrogens is 252 g/mol. The monoisotopic (exact) mass is 264 g/mol. The lowest BCUT2D eigenvalue weighted by Crippen LogP contribution is -2.38. The summed E-state index contributed by atoms with van der Waals surface area (Å²) in [6.07, 6.45) is -0.595. The molecule has 4 rings (SSSR count). The molecule has 0 spiro atoms. The first kappa shape index (κ1) is 10.9. The van der Waals surface area contributed by atoms with E-state index in [4.69, 9.17) is 9.47 Å². The van der Waals surface area contributed by atoms with Gasteiger partial charge in [0.1, 0.15) is 11.9 Å². The van der Waals surface area contributed by atoms with Crippen molar-refractivity contribution >= 4 is 11.2 Å². The molecule has 2 aliphatic heterocycles. The fourth-order valence-electron chi connectivity index (χ4n) is 2.73. The van der Waals surface area contributed by atoms with Gasteiger partial charge in [0, 0.05) is 14.1 Å². The van der Waals surface area contributed by atoms with Crippen molar-refractivity contribution in [3.8, 4) is 0 Å². The molecule has 8 heteroatoms. The Morgan fingerprint density at radius 1 is 1.26 bits per heavy atom. The number of hydrogen-bond acceptors (Lipinski definition) is 5. The normalized spacial score (nSPS) is 24.9. The molecule has 0 radical (unpaired) electrons. The van der Waals surface area contributed by atoms with Gasteiger partial charge in [-0.2, -0.15) is 0 Å². The first-order valence-electron chi connectivity index (χ1n) is 6.01. The smallest absolute Gasteiger partial charge is 0.332 e. The molecule has 2 bridgehead atoms. The molecule has 0 aliphatic carbocycles. The van der Waals surface area contributed by atoms with Crippen molar-refractivity contribution in [2.45, 2.75) is 18.9 Å². The van der Waals surface area contributed by atoms with Crippen LogP contribution >= 0.6 is 0 Å². The van der Waals surface area contributed by atoms with Gasteiger partial charge >= 0.3 is 5.69 Å². The van der Waals surface area contributed by atoms with Crippen LogP contribution in [-0.2, 0) is 30.1 Å². The number of nitrogens with zero attached hydrogens (tertiary/aromatic N) is 4. The zero-order valence-electron chi connectivity index (χ0n) is 10.5. The summed E-state index contributed by atoms with van der Waals surface area (Å²) in [5, 5.41) is 0. The van der Waals surface area contributed by atoms with E-state index >= 15 is 0 Å². The van der Waals surface area contributed by atoms with Crippen molar-refractivity contribution in [3.05, 3.63) is 26.7 Å². The van der Waals surface area contributed by atoms with Gasteiger partial charge in [-0.05, 0) is 0 Å². The maximum Gasteiger partial charge on any atom is 0.332 e. The first-order valence-corrected chi connectivity index (χ1v) is 6.01. The number of rotatable bonds is 0. The predicted molar refractivity (Wildman–Crippen MR) is 63.8 cm³/mol. The number of aromatic nitrogens is 4. The van der Waals surface area contributed by atoms with Gasteiger partial charge in [-0.25, -0.2) is 9.78 Å². The van der Waals surface area contributed by atoms with Crippen LogP contribution in [0.2, 0.25) is 0 Å². The van der Waals surface area contributed by atoms with Crippen LogP contribution < -0.4 is 11.2 Å². The maximum atomic E-state index is 12.3. The van der Waals surface area contributed by atoms with E-state index in [2.05, 4.69) is 4.98 Å². The summed E-state index contributed by atoms with van der Waals surface area (Å²) in [5.74, 6) is 0.655. The molecular formula is C11H12N4O4. The maximum absolute atomic E-state index is 12.3. The van der Waals surface area contributed by atoms with Crippen LogP contribution in [0.25, 0.3) is 11.2 Å². The third kappa shape index (κ3) is 1.22. The lowest BCUT2D eigenvalue weighted by atomic mass is 10.3. The average Bonchev–Trinajstić information content (AvgIpc) is 2.97. The number of ether oxygens (including phenoxy) is 2. The average molecular weight is 264 g/mol. The van der Waals surface area contributed by atoms with Gasteiger partial charge < -0.3 is 14.0 Å². The predicted octanol–water partition coefficient (Wildman–Crippen LogP) is -1.14. The molecule has 2 atom stereocenters. The highest BCUT2D eigenvalue weighted by atomic mass is 16.7. The van der Waals surface area contributed by atoms with Crippen molar-refractivity contribution < 1.29 is 9.47 Å². The molecule has 2 aromatic rings. The number of hydrogen-bond donors (Lipinski definition) is 0. The zero-order valence-corrected chi connectivity index (χ0v) is 10.5. The summed E-state index contributed by atoms with van der Waals surface area (Å²) in [6, 6.07) is 0. The minimum Gasteiger partial charge on any atom is -0.348 e. The topological polar surface area (TPSA) is 80.3 Å². The molecule has 2 aliphatic rings. The van der Waals surface area contributed by atoms with E-state index in [0.29, 0.717) is 30.1 Å². The summed E-state index contributed by atoms with van der Waals surface area (Å²) in [4.78, 5) is 28.6. The molecule has 4 heterocycles. The minimum absolute atomic E-state index is 0.258. The first-order chi connectivity index (χ1) is 9.08. The summed E-state index contributed by atoms with van der Waals surface area (Å²) >= 11 is 0. The SMILES string of the molecule is Cn1c(=O)c2c(nc3n2CC2OCC3O2)n(C)c1=O. The van der Waals surface area contributed by atoms with Crippen LogP contribution in [0.3, 0.4) is 0 Å². The fraction of sp³-hybridized carbons (Fsp3) is 0.545. The molecule has 8 nitrogen and oxygen atoms in total. The van der Waals surface area contributed by atoms with E-state index in [1.54, 1.807) is 7.05 Å². The van der Waals surface area contributed by atoms with Crippen LogP contribution in [0, 0.1) is 0 Å². The van der Waals surface area contributed by atoms with Gasteiger partial charge in [0.05, 0.1) is 13.2 Å². The second-order valence-electron chi connectivity index (χ2n) is 4.85. The lowest BCUT2D eigenvalue weighted by Gasteiger charge is -2.19. The highest BCUT2D eigenvalue weighted by molar-refractivity contribution is 5.71. The van der Waals surface area contributed by atoms with Crippen molar-refractivity contribution in [1.29, 1.82) is 0 Å². The molecule has 100 valence electrons. The van der Waals surface area contributed by atoms with Gasteiger partial charge in [-0.1, -0.05) is 0 Å². The summed E-state index contributed by atoms with van der Waals surface area (Å²) in [6.45, 7) is 0.859. The van der Waals surface area contributed by atoms with E-state index in [1.807, 2.05) is 4.57 Å². The Labute approximate surface area is 106 Å². The third-order valence-corrected chi connectivity index (χ3v) is 3.75. The molecule has 19 heavy (non-hydrogen) atoms. The Hall–Kier alpha value is -1.93. The molecule has 0 N–H and O–H groups in total. The van der Waals surface area contributed by atoms with Crippen LogP contribution in [0.1, 0.15) is 11.9 Å². The molecule has 0 aromatic carbocycles. The van der Waals surface area contributed by atoms with Crippen LogP contribution in [-0.4, -0.2) is 31.6 Å². The largest absolute Gasteiger partial charge is 0.348 e. The number of imidazole rings is 1. The minimum atomic E-state index is -0.379. The molecule has 2 unspecified atom stereocenters. The van der Waals surface area contributed by atoms with Gasteiger partial charge in [-0.15, -0.1) is 0 Å². The standard InChI is InChI=1S/C11H12N4O4/c1-13-9-7(10(16)14(2)11(13)17)15-3-6-18-4-5(19-6)8(15)12-9/h5-6H,3-4H2,1-2H3. The van der Waals surface area contributed by atoms with E-state index < -0.39 is 0 Å². The summed E-state index contributed by atoms with van der Waals surface area (Å²) in [5.41, 5.74) is 0.121. The molecule has 2 aromatic heterocycles. The van der Waals surface area contributed by atoms with Crippen molar-refractivity contribution in [2.75, 3.05) is 6.61 Å². The van der Waals surface area contributed by atoms with Crippen LogP contribution in [0.4, 0.5) is 0 Å². The number of aryl methyl sites for hydroxylation is 1. The van der Waals surface area contributed by atoms with E-state index in [0.717, 1.165) is 4.57 Å². The highest BCUT2D eigenvalue weighted by Crippen LogP contribution is 2.33. The Kier molecular flexibility index (Phi) is 1.92. The molecule has 0 saturated carbocycles. The van der Waals surface area contributed by atoms with E-state index in [9.17, 15) is 9.59 Å². The lowest BCUT2D eigenvalue weighted by molar-refractivity contribution is -0.0825. The van der Waals surface area contributed by atoms with Crippen LogP contribution in [0.5, 0.6) is 0 Å². The molecule has 1 fully saturated rings. The van der Waals surface area contributed by atoms with Gasteiger partial charge in [0.15, 0.2) is 17.5 Å². The molecule has 1 saturated heterocycles. The summed E-state index contributed by atoms with van der Waals surface area (Å²) in [7, 11) is 3.08. The van der Waals surface area contributed by atoms with E-state index in [-0.39, 0.29) is 23.6 Å². The zero-order chi connectivity index (χ0) is 13.3. The van der Waals surface area contributed by atoms with Crippen molar-refractivity contribution in [3.63, 3.8) is 0 Å². The van der Waals surface area contributed by atoms with Gasteiger partial charge in [0.2, 0.25) is 0 Å². The quantitative estimate of drug-likeness (QED) is 0.601. The number of fused-ring (bicyclic) bond motifs is 6. The third-order valence-electron chi connectivity index (χ3n) is 3.75. The summed E-state index contributed by atoms with van der Waals surface area (Å²) < 4.78 is 15.3. The Bertz CT molecular complexity index is 815. The Balaban J connectivity index is 2.17. The van der Waals surface area contributed by atoms with Crippen molar-refractivity contribution in [2.24, 2.45) is 14.1 Å². The Morgan fingerprint density at radius 2 is 2.05 bits per heavy atom. The second-order valence-corrected chi connectivity index (χ2v) is 4.85.